The minimum atomic E-state index is -4.12. The highest BCUT2D eigenvalue weighted by Crippen LogP contribution is 2.26. The number of hydrogen-bond donors (Lipinski definition) is 1. The van der Waals surface area contributed by atoms with Crippen LogP contribution in [0.2, 0.25) is 0 Å². The van der Waals surface area contributed by atoms with E-state index < -0.39 is 28.5 Å². The van der Waals surface area contributed by atoms with Crippen LogP contribution >= 0.6 is 0 Å². The quantitative estimate of drug-likeness (QED) is 0.157. The lowest BCUT2D eigenvalue weighted by atomic mass is 10.0. The van der Waals surface area contributed by atoms with Crippen molar-refractivity contribution in [2.45, 2.75) is 63.9 Å². The average molecular weight is 626 g/mol. The molecule has 0 saturated heterocycles. The van der Waals surface area contributed by atoms with Crippen LogP contribution in [0.25, 0.3) is 0 Å². The molecule has 1 atom stereocenters. The number of carbonyl (C=O) groups excluding carboxylic acids is 2. The third kappa shape index (κ3) is 9.05. The van der Waals surface area contributed by atoms with Gasteiger partial charge in [0.1, 0.15) is 12.6 Å². The highest BCUT2D eigenvalue weighted by molar-refractivity contribution is 7.92. The van der Waals surface area contributed by atoms with Crippen LogP contribution in [-0.4, -0.2) is 44.3 Å². The number of rotatable bonds is 15. The maximum atomic E-state index is 14.5. The van der Waals surface area contributed by atoms with Crippen LogP contribution < -0.4 is 9.62 Å². The van der Waals surface area contributed by atoms with Crippen molar-refractivity contribution in [2.24, 2.45) is 0 Å². The molecule has 0 spiro atoms. The predicted molar refractivity (Wildman–Crippen MR) is 180 cm³/mol. The van der Waals surface area contributed by atoms with E-state index in [9.17, 15) is 18.0 Å². The van der Waals surface area contributed by atoms with Gasteiger partial charge in [-0.15, -0.1) is 0 Å². The van der Waals surface area contributed by atoms with Crippen molar-refractivity contribution >= 4 is 27.5 Å². The number of anilines is 1. The largest absolute Gasteiger partial charge is 0.354 e. The zero-order chi connectivity index (χ0) is 32.2. The standard InChI is InChI=1S/C37H43N3O4S/c1-4-6-25-38-37(42)35(26-31-13-9-7-10-14-31)39(27-32-19-17-29(3)18-20-32)36(41)28-40(33-23-21-30(5-2)22-24-33)45(43,44)34-15-11-8-12-16-34/h7-24,35H,4-6,25-28H2,1-3H3,(H,38,42)/t35-/m0/s1. The van der Waals surface area contributed by atoms with Gasteiger partial charge in [0.15, 0.2) is 0 Å². The summed E-state index contributed by atoms with van der Waals surface area (Å²) in [5.74, 6) is -0.737. The summed E-state index contributed by atoms with van der Waals surface area (Å²) >= 11 is 0. The lowest BCUT2D eigenvalue weighted by Gasteiger charge is -2.34. The van der Waals surface area contributed by atoms with Crippen molar-refractivity contribution in [1.82, 2.24) is 10.2 Å². The highest BCUT2D eigenvalue weighted by Gasteiger charge is 2.34. The first-order valence-corrected chi connectivity index (χ1v) is 17.0. The Balaban J connectivity index is 1.77. The Morgan fingerprint density at radius 1 is 0.756 bits per heavy atom. The summed E-state index contributed by atoms with van der Waals surface area (Å²) in [5, 5.41) is 3.02. The Kier molecular flexibility index (Phi) is 11.9. The van der Waals surface area contributed by atoms with Crippen molar-refractivity contribution < 1.29 is 18.0 Å². The summed E-state index contributed by atoms with van der Waals surface area (Å²) in [7, 11) is -4.12. The fraction of sp³-hybridized carbons (Fsp3) is 0.297. The summed E-state index contributed by atoms with van der Waals surface area (Å²) in [6.07, 6.45) is 2.81. The molecule has 1 N–H and O–H groups in total. The zero-order valence-corrected chi connectivity index (χ0v) is 27.2. The molecule has 4 aromatic carbocycles. The Labute approximate surface area is 268 Å². The van der Waals surface area contributed by atoms with Gasteiger partial charge >= 0.3 is 0 Å². The van der Waals surface area contributed by atoms with E-state index in [1.54, 1.807) is 30.3 Å². The first-order chi connectivity index (χ1) is 21.7. The molecule has 0 aromatic heterocycles. The van der Waals surface area contributed by atoms with Crippen molar-refractivity contribution in [1.29, 1.82) is 0 Å². The fourth-order valence-electron chi connectivity index (χ4n) is 5.10. The van der Waals surface area contributed by atoms with Crippen LogP contribution in [0.4, 0.5) is 5.69 Å². The minimum Gasteiger partial charge on any atom is -0.354 e. The number of amides is 2. The molecule has 0 aliphatic carbocycles. The highest BCUT2D eigenvalue weighted by atomic mass is 32.2. The minimum absolute atomic E-state index is 0.0839. The van der Waals surface area contributed by atoms with E-state index in [0.29, 0.717) is 12.2 Å². The Morgan fingerprint density at radius 3 is 1.96 bits per heavy atom. The fourth-order valence-corrected chi connectivity index (χ4v) is 6.53. The van der Waals surface area contributed by atoms with Crippen molar-refractivity contribution in [3.8, 4) is 0 Å². The maximum Gasteiger partial charge on any atom is 0.264 e. The molecule has 0 bridgehead atoms. The number of sulfonamides is 1. The lowest BCUT2D eigenvalue weighted by molar-refractivity contribution is -0.140. The second-order valence-corrected chi connectivity index (χ2v) is 13.1. The second-order valence-electron chi connectivity index (χ2n) is 11.2. The smallest absolute Gasteiger partial charge is 0.264 e. The molecule has 0 radical (unpaired) electrons. The first-order valence-electron chi connectivity index (χ1n) is 15.6. The van der Waals surface area contributed by atoms with Crippen LogP contribution in [0.15, 0.2) is 114 Å². The normalized spacial score (nSPS) is 11.9. The number of benzene rings is 4. The number of aryl methyl sites for hydroxylation is 2. The van der Waals surface area contributed by atoms with E-state index in [2.05, 4.69) is 12.2 Å². The van der Waals surface area contributed by atoms with Crippen LogP contribution in [0.5, 0.6) is 0 Å². The van der Waals surface area contributed by atoms with Gasteiger partial charge in [-0.2, -0.15) is 0 Å². The van der Waals surface area contributed by atoms with E-state index in [1.807, 2.05) is 80.6 Å². The molecular weight excluding hydrogens is 582 g/mol. The van der Waals surface area contributed by atoms with Gasteiger partial charge in [0.25, 0.3) is 10.0 Å². The molecule has 2 amide bonds. The maximum absolute atomic E-state index is 14.5. The van der Waals surface area contributed by atoms with Gasteiger partial charge in [-0.3, -0.25) is 13.9 Å². The van der Waals surface area contributed by atoms with Gasteiger partial charge < -0.3 is 10.2 Å². The molecule has 0 unspecified atom stereocenters. The molecule has 0 heterocycles. The molecule has 45 heavy (non-hydrogen) atoms. The second kappa shape index (κ2) is 16.0. The molecule has 0 aliphatic rings. The van der Waals surface area contributed by atoms with Gasteiger partial charge in [-0.25, -0.2) is 8.42 Å². The van der Waals surface area contributed by atoms with Gasteiger partial charge in [0, 0.05) is 19.5 Å². The van der Waals surface area contributed by atoms with E-state index >= 15 is 0 Å². The summed E-state index contributed by atoms with van der Waals surface area (Å²) in [6.45, 7) is 6.23. The van der Waals surface area contributed by atoms with Gasteiger partial charge in [-0.1, -0.05) is 111 Å². The van der Waals surface area contributed by atoms with Crippen LogP contribution in [0.3, 0.4) is 0 Å². The van der Waals surface area contributed by atoms with Gasteiger partial charge in [0.2, 0.25) is 11.8 Å². The number of unbranched alkanes of at least 4 members (excludes halogenated alkanes) is 1. The van der Waals surface area contributed by atoms with Gasteiger partial charge in [-0.05, 0) is 60.7 Å². The third-order valence-corrected chi connectivity index (χ3v) is 9.60. The van der Waals surface area contributed by atoms with Gasteiger partial charge in [0.05, 0.1) is 10.6 Å². The van der Waals surface area contributed by atoms with Crippen molar-refractivity contribution in [2.75, 3.05) is 17.4 Å². The van der Waals surface area contributed by atoms with E-state index in [-0.39, 0.29) is 23.8 Å². The molecule has 0 aliphatic heterocycles. The summed E-state index contributed by atoms with van der Waals surface area (Å²) in [4.78, 5) is 29.9. The molecule has 0 saturated carbocycles. The zero-order valence-electron chi connectivity index (χ0n) is 26.4. The molecular formula is C37H43N3O4S. The van der Waals surface area contributed by atoms with E-state index in [4.69, 9.17) is 0 Å². The topological polar surface area (TPSA) is 86.8 Å². The Bertz CT molecular complexity index is 1630. The molecule has 0 fully saturated rings. The summed E-state index contributed by atoms with van der Waals surface area (Å²) < 4.78 is 29.3. The monoisotopic (exact) mass is 625 g/mol. The molecule has 4 rings (SSSR count). The van der Waals surface area contributed by atoms with Crippen molar-refractivity contribution in [3.63, 3.8) is 0 Å². The molecule has 4 aromatic rings. The molecule has 8 heteroatoms. The average Bonchev–Trinajstić information content (AvgIpc) is 3.07. The van der Waals surface area contributed by atoms with Crippen LogP contribution in [0, 0.1) is 6.92 Å². The van der Waals surface area contributed by atoms with E-state index in [1.165, 1.54) is 17.0 Å². The number of nitrogens with zero attached hydrogens (tertiary/aromatic N) is 2. The van der Waals surface area contributed by atoms with Crippen LogP contribution in [-0.2, 0) is 39.0 Å². The Hall–Kier alpha value is -4.43. The summed E-state index contributed by atoms with van der Waals surface area (Å²) in [6, 6.07) is 31.9. The summed E-state index contributed by atoms with van der Waals surface area (Å²) in [5.41, 5.74) is 4.25. The molecule has 236 valence electrons. The van der Waals surface area contributed by atoms with E-state index in [0.717, 1.165) is 45.8 Å². The third-order valence-electron chi connectivity index (χ3n) is 7.82. The van der Waals surface area contributed by atoms with Crippen LogP contribution in [0.1, 0.15) is 48.9 Å². The molecule has 7 nitrogen and oxygen atoms in total. The van der Waals surface area contributed by atoms with Crippen molar-refractivity contribution in [3.05, 3.63) is 131 Å². The first kappa shape index (κ1) is 33.5. The number of hydrogen-bond acceptors (Lipinski definition) is 4. The lowest BCUT2D eigenvalue weighted by Crippen LogP contribution is -2.53. The SMILES string of the molecule is CCCCNC(=O)[C@H](Cc1ccccc1)N(Cc1ccc(C)cc1)C(=O)CN(c1ccc(CC)cc1)S(=O)(=O)c1ccccc1. The number of nitrogens with one attached hydrogen (secondary N) is 1. The number of carbonyl (C=O) groups is 2. The Morgan fingerprint density at radius 2 is 1.36 bits per heavy atom. The predicted octanol–water partition coefficient (Wildman–Crippen LogP) is 6.31.